The van der Waals surface area contributed by atoms with Gasteiger partial charge in [-0.15, -0.1) is 0 Å². The number of carbonyl (C=O) groups is 1. The minimum atomic E-state index is -0.587. The van der Waals surface area contributed by atoms with Gasteiger partial charge in [-0.1, -0.05) is 64.6 Å². The van der Waals surface area contributed by atoms with Crippen LogP contribution in [0.2, 0.25) is 15.1 Å². The SMILES string of the molecule is Cc1cc(COc2ccccc2Cl)c(C)c(C2C(C#N)=C(N)N(c3ccc(Cl)c(Cl)c3)C3=C2C(=O)CCC3)c1. The number of halogens is 3. The smallest absolute Gasteiger partial charge is 0.161 e. The number of benzene rings is 3. The van der Waals surface area contributed by atoms with E-state index in [9.17, 15) is 10.1 Å². The first-order valence-corrected chi connectivity index (χ1v) is 13.7. The van der Waals surface area contributed by atoms with Crippen LogP contribution in [0, 0.1) is 25.2 Å². The number of ether oxygens (including phenoxy) is 1. The summed E-state index contributed by atoms with van der Waals surface area (Å²) in [6.45, 7) is 4.27. The maximum absolute atomic E-state index is 13.6. The quantitative estimate of drug-likeness (QED) is 0.330. The van der Waals surface area contributed by atoms with Crippen LogP contribution in [-0.2, 0) is 11.4 Å². The van der Waals surface area contributed by atoms with Crippen molar-refractivity contribution in [3.05, 3.63) is 115 Å². The van der Waals surface area contributed by atoms with Gasteiger partial charge >= 0.3 is 0 Å². The summed E-state index contributed by atoms with van der Waals surface area (Å²) in [5.41, 5.74) is 12.8. The van der Waals surface area contributed by atoms with Gasteiger partial charge in [0.25, 0.3) is 0 Å². The summed E-state index contributed by atoms with van der Waals surface area (Å²) >= 11 is 18.8. The van der Waals surface area contributed by atoms with Crippen LogP contribution in [0.5, 0.6) is 5.75 Å². The van der Waals surface area contributed by atoms with Crippen molar-refractivity contribution < 1.29 is 9.53 Å². The first-order valence-electron chi connectivity index (χ1n) is 12.6. The van der Waals surface area contributed by atoms with Gasteiger partial charge in [0.2, 0.25) is 0 Å². The summed E-state index contributed by atoms with van der Waals surface area (Å²) < 4.78 is 6.05. The molecule has 39 heavy (non-hydrogen) atoms. The third kappa shape index (κ3) is 5.01. The number of para-hydroxylation sites is 1. The third-order valence-electron chi connectivity index (χ3n) is 7.31. The van der Waals surface area contributed by atoms with Crippen LogP contribution in [-0.4, -0.2) is 5.78 Å². The Kier molecular flexibility index (Phi) is 7.64. The van der Waals surface area contributed by atoms with Gasteiger partial charge in [0.05, 0.1) is 32.6 Å². The van der Waals surface area contributed by atoms with E-state index in [1.54, 1.807) is 29.2 Å². The summed E-state index contributed by atoms with van der Waals surface area (Å²) in [6.07, 6.45) is 1.75. The van der Waals surface area contributed by atoms with Gasteiger partial charge < -0.3 is 10.5 Å². The van der Waals surface area contributed by atoms with E-state index in [1.807, 2.05) is 38.1 Å². The first-order chi connectivity index (χ1) is 18.7. The highest BCUT2D eigenvalue weighted by Gasteiger charge is 2.41. The van der Waals surface area contributed by atoms with Gasteiger partial charge in [-0.25, -0.2) is 0 Å². The maximum Gasteiger partial charge on any atom is 0.161 e. The largest absolute Gasteiger partial charge is 0.487 e. The Morgan fingerprint density at radius 2 is 1.79 bits per heavy atom. The second-order valence-electron chi connectivity index (χ2n) is 9.77. The van der Waals surface area contributed by atoms with Crippen LogP contribution >= 0.6 is 34.8 Å². The normalized spacial score (nSPS) is 17.3. The van der Waals surface area contributed by atoms with E-state index in [4.69, 9.17) is 45.3 Å². The van der Waals surface area contributed by atoms with E-state index in [2.05, 4.69) is 12.1 Å². The third-order valence-corrected chi connectivity index (χ3v) is 8.36. The monoisotopic (exact) mass is 577 g/mol. The Morgan fingerprint density at radius 3 is 2.51 bits per heavy atom. The van der Waals surface area contributed by atoms with Crippen molar-refractivity contribution in [1.29, 1.82) is 5.26 Å². The highest BCUT2D eigenvalue weighted by Crippen LogP contribution is 2.48. The van der Waals surface area contributed by atoms with E-state index in [-0.39, 0.29) is 18.2 Å². The molecule has 2 N–H and O–H groups in total. The highest BCUT2D eigenvalue weighted by atomic mass is 35.5. The minimum Gasteiger partial charge on any atom is -0.487 e. The number of nitriles is 1. The number of aryl methyl sites for hydroxylation is 1. The molecule has 198 valence electrons. The molecule has 8 heteroatoms. The number of nitrogens with zero attached hydrogens (tertiary/aromatic N) is 2. The Labute approximate surface area is 243 Å². The molecule has 0 bridgehead atoms. The van der Waals surface area contributed by atoms with Crippen LogP contribution < -0.4 is 15.4 Å². The summed E-state index contributed by atoms with van der Waals surface area (Å²) in [5, 5.41) is 11.7. The van der Waals surface area contributed by atoms with Gasteiger partial charge in [0.15, 0.2) is 5.78 Å². The van der Waals surface area contributed by atoms with Gasteiger partial charge in [-0.3, -0.25) is 9.69 Å². The molecular formula is C31H26Cl3N3O2. The van der Waals surface area contributed by atoms with Crippen molar-refractivity contribution in [3.8, 4) is 11.8 Å². The van der Waals surface area contributed by atoms with E-state index in [1.165, 1.54) is 0 Å². The second kappa shape index (κ2) is 11.0. The number of ketones is 1. The van der Waals surface area contributed by atoms with Crippen molar-refractivity contribution in [2.75, 3.05) is 4.90 Å². The fourth-order valence-electron chi connectivity index (χ4n) is 5.45. The molecular weight excluding hydrogens is 553 g/mol. The van der Waals surface area contributed by atoms with Crippen molar-refractivity contribution in [2.24, 2.45) is 5.73 Å². The Hall–Kier alpha value is -3.43. The minimum absolute atomic E-state index is 0.0151. The lowest BCUT2D eigenvalue weighted by Crippen LogP contribution is -2.39. The lowest BCUT2D eigenvalue weighted by atomic mass is 9.73. The van der Waals surface area contributed by atoms with Crippen LogP contribution in [0.1, 0.15) is 47.4 Å². The number of nitrogens with two attached hydrogens (primary N) is 1. The zero-order valence-corrected chi connectivity index (χ0v) is 23.8. The van der Waals surface area contributed by atoms with Gasteiger partial charge in [0, 0.05) is 23.4 Å². The number of Topliss-reactive ketones (excluding diaryl/α,β-unsaturated/α-hetero) is 1. The summed E-state index contributed by atoms with van der Waals surface area (Å²) in [6, 6.07) is 18.9. The second-order valence-corrected chi connectivity index (χ2v) is 11.0. The van der Waals surface area contributed by atoms with E-state index >= 15 is 0 Å². The van der Waals surface area contributed by atoms with Crippen molar-refractivity contribution in [1.82, 2.24) is 0 Å². The Bertz CT molecular complexity index is 1600. The van der Waals surface area contributed by atoms with Crippen molar-refractivity contribution >= 4 is 46.3 Å². The molecule has 0 amide bonds. The number of carbonyl (C=O) groups excluding carboxylic acids is 1. The van der Waals surface area contributed by atoms with Crippen LogP contribution in [0.3, 0.4) is 0 Å². The number of anilines is 1. The van der Waals surface area contributed by atoms with E-state index < -0.39 is 5.92 Å². The lowest BCUT2D eigenvalue weighted by Gasteiger charge is -2.40. The molecule has 1 heterocycles. The average Bonchev–Trinajstić information content (AvgIpc) is 2.91. The van der Waals surface area contributed by atoms with Crippen LogP contribution in [0.15, 0.2) is 77.3 Å². The summed E-state index contributed by atoms with van der Waals surface area (Å²) in [5.74, 6) is 0.298. The van der Waals surface area contributed by atoms with Crippen molar-refractivity contribution in [2.45, 2.75) is 45.6 Å². The topological polar surface area (TPSA) is 79.3 Å². The Balaban J connectivity index is 1.65. The van der Waals surface area contributed by atoms with Gasteiger partial charge in [-0.05, 0) is 73.7 Å². The fraction of sp³-hybridized carbons (Fsp3) is 0.226. The standard InChI is InChI=1S/C31H26Cl3N3O2/c1-17-12-19(16-39-28-9-4-3-6-24(28)33)18(2)21(13-17)29-22(15-35)31(36)37(20-10-11-23(32)25(34)14-20)26-7-5-8-27(38)30(26)29/h3-4,6,9-14,29H,5,7-8,16,36H2,1-2H3. The number of allylic oxidation sites excluding steroid dienone is 3. The maximum atomic E-state index is 13.6. The zero-order chi connectivity index (χ0) is 27.8. The predicted molar refractivity (Wildman–Crippen MR) is 156 cm³/mol. The molecule has 0 radical (unpaired) electrons. The molecule has 0 fully saturated rings. The predicted octanol–water partition coefficient (Wildman–Crippen LogP) is 8.15. The molecule has 1 aliphatic carbocycles. The van der Waals surface area contributed by atoms with Crippen LogP contribution in [0.25, 0.3) is 0 Å². The van der Waals surface area contributed by atoms with Gasteiger partial charge in [-0.2, -0.15) is 5.26 Å². The molecule has 2 aliphatic rings. The average molecular weight is 579 g/mol. The molecule has 3 aromatic carbocycles. The number of rotatable bonds is 5. The highest BCUT2D eigenvalue weighted by molar-refractivity contribution is 6.42. The number of hydrogen-bond acceptors (Lipinski definition) is 5. The number of hydrogen-bond donors (Lipinski definition) is 1. The lowest BCUT2D eigenvalue weighted by molar-refractivity contribution is -0.116. The van der Waals surface area contributed by atoms with Gasteiger partial charge in [0.1, 0.15) is 18.2 Å². The molecule has 0 spiro atoms. The molecule has 1 atom stereocenters. The summed E-state index contributed by atoms with van der Waals surface area (Å²) in [4.78, 5) is 15.4. The fourth-order valence-corrected chi connectivity index (χ4v) is 5.93. The van der Waals surface area contributed by atoms with Crippen LogP contribution in [0.4, 0.5) is 5.69 Å². The molecule has 1 unspecified atom stereocenters. The molecule has 5 nitrogen and oxygen atoms in total. The molecule has 0 aromatic heterocycles. The summed E-state index contributed by atoms with van der Waals surface area (Å²) in [7, 11) is 0. The molecule has 0 saturated carbocycles. The Morgan fingerprint density at radius 1 is 1.03 bits per heavy atom. The molecule has 0 saturated heterocycles. The van der Waals surface area contributed by atoms with E-state index in [0.29, 0.717) is 56.9 Å². The molecule has 3 aromatic rings. The first kappa shape index (κ1) is 27.1. The zero-order valence-electron chi connectivity index (χ0n) is 21.5. The van der Waals surface area contributed by atoms with Crippen molar-refractivity contribution in [3.63, 3.8) is 0 Å². The van der Waals surface area contributed by atoms with E-state index in [0.717, 1.165) is 28.0 Å². The molecule has 1 aliphatic heterocycles. The molecule has 5 rings (SSSR count).